The van der Waals surface area contributed by atoms with Crippen molar-refractivity contribution in [3.8, 4) is 11.5 Å². The summed E-state index contributed by atoms with van der Waals surface area (Å²) in [6.07, 6.45) is 3.95. The number of rotatable bonds is 10. The molecule has 2 amide bonds. The van der Waals surface area contributed by atoms with Crippen molar-refractivity contribution >= 4 is 22.5 Å². The maximum atomic E-state index is 12.5. The van der Waals surface area contributed by atoms with E-state index in [1.807, 2.05) is 91.0 Å². The van der Waals surface area contributed by atoms with E-state index in [1.165, 1.54) is 32.4 Å². The Hall–Kier alpha value is -4.03. The Morgan fingerprint density at radius 1 is 0.737 bits per heavy atom. The molecule has 38 heavy (non-hydrogen) atoms. The van der Waals surface area contributed by atoms with Crippen molar-refractivity contribution < 1.29 is 14.3 Å². The Morgan fingerprint density at radius 3 is 2.26 bits per heavy atom. The van der Waals surface area contributed by atoms with Crippen molar-refractivity contribution in [1.29, 1.82) is 0 Å². The molecule has 5 rings (SSSR count). The summed E-state index contributed by atoms with van der Waals surface area (Å²) in [4.78, 5) is 15.0. The molecule has 1 fully saturated rings. The molecular formula is C32H35N3O3. The highest BCUT2D eigenvalue weighted by molar-refractivity contribution is 6.03. The van der Waals surface area contributed by atoms with Gasteiger partial charge in [0.25, 0.3) is 0 Å². The van der Waals surface area contributed by atoms with Crippen LogP contribution in [0, 0.1) is 0 Å². The minimum Gasteiger partial charge on any atom is -0.492 e. The fourth-order valence-corrected chi connectivity index (χ4v) is 4.77. The Labute approximate surface area is 224 Å². The van der Waals surface area contributed by atoms with Crippen LogP contribution in [-0.4, -0.2) is 37.2 Å². The van der Waals surface area contributed by atoms with Crippen LogP contribution in [0.4, 0.5) is 10.5 Å². The van der Waals surface area contributed by atoms with Gasteiger partial charge in [0.1, 0.15) is 24.7 Å². The number of nitrogens with zero attached hydrogens (tertiary/aromatic N) is 1. The number of fused-ring (bicyclic) bond motifs is 1. The summed E-state index contributed by atoms with van der Waals surface area (Å²) >= 11 is 0. The van der Waals surface area contributed by atoms with E-state index in [1.54, 1.807) is 0 Å². The molecule has 0 bridgehead atoms. The standard InChI is InChI=1S/C32H35N3O3/c36-32(33-23-25-9-3-1-4-10-25)34-30-17-18-31(29-12-6-5-11-28(29)30)38-24-26-13-15-27(16-14-26)37-22-21-35-19-7-2-8-20-35/h1,3-6,9-18H,2,7-8,19-24H2,(H2,33,34,36). The molecule has 0 aromatic heterocycles. The lowest BCUT2D eigenvalue weighted by molar-refractivity contribution is 0.183. The Balaban J connectivity index is 1.15. The molecule has 6 heteroatoms. The zero-order chi connectivity index (χ0) is 26.0. The van der Waals surface area contributed by atoms with Gasteiger partial charge in [-0.05, 0) is 61.3 Å². The number of amides is 2. The second-order valence-corrected chi connectivity index (χ2v) is 9.63. The normalized spacial score (nSPS) is 13.7. The highest BCUT2D eigenvalue weighted by Crippen LogP contribution is 2.32. The van der Waals surface area contributed by atoms with Crippen molar-refractivity contribution in [1.82, 2.24) is 10.2 Å². The van der Waals surface area contributed by atoms with Crippen molar-refractivity contribution in [3.05, 3.63) is 102 Å². The lowest BCUT2D eigenvalue weighted by atomic mass is 10.1. The summed E-state index contributed by atoms with van der Waals surface area (Å²) in [5.74, 6) is 1.66. The Bertz CT molecular complexity index is 1320. The average molecular weight is 510 g/mol. The third-order valence-corrected chi connectivity index (χ3v) is 6.87. The molecule has 0 saturated carbocycles. The minimum absolute atomic E-state index is 0.245. The summed E-state index contributed by atoms with van der Waals surface area (Å²) in [5, 5.41) is 7.77. The van der Waals surface area contributed by atoms with E-state index in [0.29, 0.717) is 19.8 Å². The van der Waals surface area contributed by atoms with Gasteiger partial charge >= 0.3 is 6.03 Å². The van der Waals surface area contributed by atoms with Crippen LogP contribution >= 0.6 is 0 Å². The van der Waals surface area contributed by atoms with Gasteiger partial charge in [-0.2, -0.15) is 0 Å². The number of benzene rings is 4. The Morgan fingerprint density at radius 2 is 1.47 bits per heavy atom. The van der Waals surface area contributed by atoms with E-state index in [4.69, 9.17) is 9.47 Å². The first-order valence-electron chi connectivity index (χ1n) is 13.4. The van der Waals surface area contributed by atoms with E-state index in [2.05, 4.69) is 15.5 Å². The first kappa shape index (κ1) is 25.6. The molecule has 4 aromatic rings. The monoisotopic (exact) mass is 509 g/mol. The predicted molar refractivity (Wildman–Crippen MR) is 153 cm³/mol. The molecule has 4 aromatic carbocycles. The number of likely N-dealkylation sites (tertiary alicyclic amines) is 1. The highest BCUT2D eigenvalue weighted by Gasteiger charge is 2.11. The molecule has 196 valence electrons. The van der Waals surface area contributed by atoms with E-state index in [9.17, 15) is 4.79 Å². The number of hydrogen-bond acceptors (Lipinski definition) is 4. The zero-order valence-electron chi connectivity index (χ0n) is 21.7. The minimum atomic E-state index is -0.245. The van der Waals surface area contributed by atoms with Gasteiger partial charge in [-0.1, -0.05) is 73.2 Å². The molecule has 0 unspecified atom stereocenters. The van der Waals surface area contributed by atoms with Crippen LogP contribution in [0.5, 0.6) is 11.5 Å². The van der Waals surface area contributed by atoms with Gasteiger partial charge in [-0.15, -0.1) is 0 Å². The van der Waals surface area contributed by atoms with Crippen LogP contribution in [-0.2, 0) is 13.2 Å². The molecule has 2 N–H and O–H groups in total. The van der Waals surface area contributed by atoms with Crippen molar-refractivity contribution in [2.24, 2.45) is 0 Å². The summed E-state index contributed by atoms with van der Waals surface area (Å²) in [6, 6.07) is 29.5. The molecule has 6 nitrogen and oxygen atoms in total. The van der Waals surface area contributed by atoms with Crippen molar-refractivity contribution in [3.63, 3.8) is 0 Å². The van der Waals surface area contributed by atoms with Crippen molar-refractivity contribution in [2.75, 3.05) is 31.6 Å². The van der Waals surface area contributed by atoms with Crippen LogP contribution in [0.15, 0.2) is 91.0 Å². The second-order valence-electron chi connectivity index (χ2n) is 9.63. The van der Waals surface area contributed by atoms with Crippen LogP contribution < -0.4 is 20.1 Å². The van der Waals surface area contributed by atoms with E-state index in [-0.39, 0.29) is 6.03 Å². The van der Waals surface area contributed by atoms with Crippen LogP contribution in [0.3, 0.4) is 0 Å². The van der Waals surface area contributed by atoms with Gasteiger partial charge < -0.3 is 20.1 Å². The smallest absolute Gasteiger partial charge is 0.319 e. The Kier molecular flexibility index (Phi) is 8.74. The molecule has 1 aliphatic heterocycles. The maximum absolute atomic E-state index is 12.5. The quantitative estimate of drug-likeness (QED) is 0.253. The van der Waals surface area contributed by atoms with Gasteiger partial charge in [0.15, 0.2) is 0 Å². The lowest BCUT2D eigenvalue weighted by Gasteiger charge is -2.26. The van der Waals surface area contributed by atoms with Crippen LogP contribution in [0.1, 0.15) is 30.4 Å². The third kappa shape index (κ3) is 7.05. The third-order valence-electron chi connectivity index (χ3n) is 6.87. The summed E-state index contributed by atoms with van der Waals surface area (Å²) < 4.78 is 12.1. The van der Waals surface area contributed by atoms with Gasteiger partial charge in [0.05, 0.1) is 5.69 Å². The second kappa shape index (κ2) is 13.0. The maximum Gasteiger partial charge on any atom is 0.319 e. The number of urea groups is 1. The SMILES string of the molecule is O=C(NCc1ccccc1)Nc1ccc(OCc2ccc(OCCN3CCCCC3)cc2)c2ccccc12. The molecule has 0 atom stereocenters. The molecule has 0 radical (unpaired) electrons. The van der Waals surface area contributed by atoms with Gasteiger partial charge in [0.2, 0.25) is 0 Å². The molecule has 1 heterocycles. The summed E-state index contributed by atoms with van der Waals surface area (Å²) in [6.45, 7) is 4.99. The lowest BCUT2D eigenvalue weighted by Crippen LogP contribution is -2.33. The van der Waals surface area contributed by atoms with Gasteiger partial charge in [-0.3, -0.25) is 4.90 Å². The zero-order valence-corrected chi connectivity index (χ0v) is 21.7. The van der Waals surface area contributed by atoms with Crippen molar-refractivity contribution in [2.45, 2.75) is 32.4 Å². The van der Waals surface area contributed by atoms with E-state index >= 15 is 0 Å². The largest absolute Gasteiger partial charge is 0.492 e. The van der Waals surface area contributed by atoms with Gasteiger partial charge in [-0.25, -0.2) is 4.79 Å². The number of carbonyl (C=O) groups is 1. The van der Waals surface area contributed by atoms with Gasteiger partial charge in [0, 0.05) is 23.9 Å². The number of nitrogens with one attached hydrogen (secondary N) is 2. The molecular weight excluding hydrogens is 474 g/mol. The number of carbonyl (C=O) groups excluding carboxylic acids is 1. The number of anilines is 1. The number of hydrogen-bond donors (Lipinski definition) is 2. The van der Waals surface area contributed by atoms with Crippen LogP contribution in [0.2, 0.25) is 0 Å². The topological polar surface area (TPSA) is 62.8 Å². The van der Waals surface area contributed by atoms with E-state index < -0.39 is 0 Å². The first-order chi connectivity index (χ1) is 18.7. The van der Waals surface area contributed by atoms with Crippen LogP contribution in [0.25, 0.3) is 10.8 Å². The average Bonchev–Trinajstić information content (AvgIpc) is 2.97. The van der Waals surface area contributed by atoms with E-state index in [0.717, 1.165) is 45.6 Å². The number of piperidine rings is 1. The fraction of sp³-hybridized carbons (Fsp3) is 0.281. The number of ether oxygens (including phenoxy) is 2. The molecule has 0 aliphatic carbocycles. The summed E-state index contributed by atoms with van der Waals surface area (Å²) in [7, 11) is 0. The summed E-state index contributed by atoms with van der Waals surface area (Å²) in [5.41, 5.74) is 2.86. The predicted octanol–water partition coefficient (Wildman–Crippen LogP) is 6.61. The first-order valence-corrected chi connectivity index (χ1v) is 13.4. The highest BCUT2D eigenvalue weighted by atomic mass is 16.5. The molecule has 1 saturated heterocycles. The molecule has 0 spiro atoms. The fourth-order valence-electron chi connectivity index (χ4n) is 4.77. The molecule has 1 aliphatic rings.